The maximum Gasteiger partial charge on any atom is 0.246 e. The van der Waals surface area contributed by atoms with E-state index in [0.717, 1.165) is 74.3 Å². The van der Waals surface area contributed by atoms with Crippen LogP contribution < -0.4 is 5.32 Å². The Balaban J connectivity index is 1.22. The number of piperazine rings is 1. The fourth-order valence-corrected chi connectivity index (χ4v) is 5.32. The van der Waals surface area contributed by atoms with Gasteiger partial charge in [-0.1, -0.05) is 43.3 Å². The summed E-state index contributed by atoms with van der Waals surface area (Å²) in [6, 6.07) is 9.59. The predicted molar refractivity (Wildman–Crippen MR) is 144 cm³/mol. The van der Waals surface area contributed by atoms with Crippen LogP contribution >= 0.6 is 0 Å². The zero-order valence-electron chi connectivity index (χ0n) is 21.6. The van der Waals surface area contributed by atoms with Gasteiger partial charge in [0.2, 0.25) is 5.91 Å². The molecule has 2 aliphatic rings. The number of aliphatic hydroxyl groups is 1. The third-order valence-electron chi connectivity index (χ3n) is 7.55. The Kier molecular flexibility index (Phi) is 8.13. The summed E-state index contributed by atoms with van der Waals surface area (Å²) in [6.45, 7) is 9.99. The molecular formula is C28H37N7O2. The molecule has 0 spiro atoms. The summed E-state index contributed by atoms with van der Waals surface area (Å²) in [4.78, 5) is 24.3. The van der Waals surface area contributed by atoms with E-state index >= 15 is 0 Å². The Hall–Kier alpha value is -3.27. The van der Waals surface area contributed by atoms with E-state index in [0.29, 0.717) is 18.9 Å². The molecule has 2 aliphatic heterocycles. The lowest BCUT2D eigenvalue weighted by Gasteiger charge is -2.33. The number of amides is 1. The number of rotatable bonds is 9. The van der Waals surface area contributed by atoms with Gasteiger partial charge in [0.1, 0.15) is 11.8 Å². The average Bonchev–Trinajstić information content (AvgIpc) is 3.33. The van der Waals surface area contributed by atoms with E-state index in [9.17, 15) is 9.90 Å². The molecule has 4 heterocycles. The number of benzene rings is 1. The first kappa shape index (κ1) is 25.4. The molecule has 1 saturated heterocycles. The largest absolute Gasteiger partial charge is 0.394 e. The van der Waals surface area contributed by atoms with Crippen molar-refractivity contribution in [3.63, 3.8) is 0 Å². The van der Waals surface area contributed by atoms with Gasteiger partial charge in [-0.25, -0.2) is 9.50 Å². The Labute approximate surface area is 218 Å². The maximum atomic E-state index is 12.9. The first-order chi connectivity index (χ1) is 18.2. The van der Waals surface area contributed by atoms with Crippen molar-refractivity contribution in [1.82, 2.24) is 29.3 Å². The number of nitrogens with zero attached hydrogens (tertiary/aromatic N) is 6. The first-order valence-corrected chi connectivity index (χ1v) is 13.3. The molecule has 0 bridgehead atoms. The van der Waals surface area contributed by atoms with Gasteiger partial charge in [-0.05, 0) is 42.2 Å². The predicted octanol–water partition coefficient (Wildman–Crippen LogP) is 2.34. The molecule has 1 fully saturated rings. The van der Waals surface area contributed by atoms with Crippen LogP contribution in [0.25, 0.3) is 5.52 Å². The molecule has 2 aromatic heterocycles. The zero-order valence-corrected chi connectivity index (χ0v) is 21.6. The van der Waals surface area contributed by atoms with Crippen LogP contribution in [0.15, 0.2) is 55.0 Å². The molecule has 9 heteroatoms. The molecule has 1 aromatic carbocycles. The topological polar surface area (TPSA) is 89.2 Å². The molecule has 2 N–H and O–H groups in total. The van der Waals surface area contributed by atoms with Crippen LogP contribution in [-0.2, 0) is 17.8 Å². The number of fused-ring (bicyclic) bond motifs is 3. The van der Waals surface area contributed by atoms with Crippen molar-refractivity contribution < 1.29 is 9.90 Å². The molecule has 0 unspecified atom stereocenters. The minimum Gasteiger partial charge on any atom is -0.394 e. The summed E-state index contributed by atoms with van der Waals surface area (Å²) in [5.41, 5.74) is 4.16. The monoisotopic (exact) mass is 503 g/mol. The normalized spacial score (nSPS) is 17.8. The molecule has 37 heavy (non-hydrogen) atoms. The van der Waals surface area contributed by atoms with Crippen LogP contribution in [0, 0.1) is 0 Å². The second kappa shape index (κ2) is 11.9. The van der Waals surface area contributed by atoms with Gasteiger partial charge in [-0.2, -0.15) is 5.10 Å². The first-order valence-electron chi connectivity index (χ1n) is 13.3. The zero-order chi connectivity index (χ0) is 25.6. The van der Waals surface area contributed by atoms with Crippen molar-refractivity contribution >= 4 is 17.2 Å². The fourth-order valence-electron chi connectivity index (χ4n) is 5.32. The molecule has 1 amide bonds. The SMILES string of the molecule is CCN1CCN(CC/C=C/C(=O)N2CCc3c(cn4ncnc(N[C@H](CO)c5ccccc5)c34)C2)CC1. The Morgan fingerprint density at radius 3 is 2.68 bits per heavy atom. The van der Waals surface area contributed by atoms with Gasteiger partial charge in [-0.15, -0.1) is 0 Å². The van der Waals surface area contributed by atoms with Gasteiger partial charge < -0.3 is 25.1 Å². The molecule has 196 valence electrons. The number of hydrogen-bond donors (Lipinski definition) is 2. The van der Waals surface area contributed by atoms with Crippen molar-refractivity contribution in [2.45, 2.75) is 32.4 Å². The summed E-state index contributed by atoms with van der Waals surface area (Å²) in [7, 11) is 0. The van der Waals surface area contributed by atoms with Gasteiger partial charge in [0.15, 0.2) is 5.82 Å². The summed E-state index contributed by atoms with van der Waals surface area (Å²) in [5.74, 6) is 0.754. The lowest BCUT2D eigenvalue weighted by atomic mass is 10.0. The minimum absolute atomic E-state index is 0.0490. The quantitative estimate of drug-likeness (QED) is 0.433. The Bertz CT molecular complexity index is 1220. The van der Waals surface area contributed by atoms with Crippen molar-refractivity contribution in [3.05, 3.63) is 71.7 Å². The summed E-state index contributed by atoms with van der Waals surface area (Å²) >= 11 is 0. The average molecular weight is 504 g/mol. The third kappa shape index (κ3) is 5.84. The minimum atomic E-state index is -0.271. The Morgan fingerprint density at radius 1 is 1.14 bits per heavy atom. The van der Waals surface area contributed by atoms with E-state index < -0.39 is 0 Å². The van der Waals surface area contributed by atoms with Crippen molar-refractivity contribution in [3.8, 4) is 0 Å². The van der Waals surface area contributed by atoms with Gasteiger partial charge >= 0.3 is 0 Å². The number of carbonyl (C=O) groups excluding carboxylic acids is 1. The number of aliphatic hydroxyl groups excluding tert-OH is 1. The number of likely N-dealkylation sites (N-methyl/N-ethyl adjacent to an activating group) is 1. The standard InChI is InChI=1S/C28H37N7O2/c1-2-32-14-16-33(17-15-32)12-7-6-10-26(37)34-13-11-24-23(18-34)19-35-27(24)28(29-21-30-35)31-25(20-36)22-8-4-3-5-9-22/h3-6,8-10,19,21,25,36H,2,7,11-18,20H2,1H3,(H,29,30,31)/b10-6+/t25-/m1/s1. The summed E-state index contributed by atoms with van der Waals surface area (Å²) in [6.07, 6.45) is 8.91. The van der Waals surface area contributed by atoms with Crippen LogP contribution in [0.4, 0.5) is 5.82 Å². The smallest absolute Gasteiger partial charge is 0.246 e. The number of hydrogen-bond acceptors (Lipinski definition) is 7. The number of carbonyl (C=O) groups is 1. The number of nitrogens with one attached hydrogen (secondary N) is 1. The number of anilines is 1. The highest BCUT2D eigenvalue weighted by Crippen LogP contribution is 2.30. The maximum absolute atomic E-state index is 12.9. The molecule has 0 radical (unpaired) electrons. The van der Waals surface area contributed by atoms with Gasteiger partial charge in [0, 0.05) is 52.0 Å². The van der Waals surface area contributed by atoms with E-state index in [1.54, 1.807) is 6.08 Å². The highest BCUT2D eigenvalue weighted by atomic mass is 16.3. The molecular weight excluding hydrogens is 466 g/mol. The molecule has 9 nitrogen and oxygen atoms in total. The van der Waals surface area contributed by atoms with Crippen molar-refractivity contribution in [2.75, 3.05) is 57.7 Å². The molecule has 0 aliphatic carbocycles. The second-order valence-electron chi connectivity index (χ2n) is 9.80. The van der Waals surface area contributed by atoms with E-state index in [4.69, 9.17) is 0 Å². The highest BCUT2D eigenvalue weighted by molar-refractivity contribution is 5.88. The van der Waals surface area contributed by atoms with E-state index in [1.807, 2.05) is 52.0 Å². The lowest BCUT2D eigenvalue weighted by molar-refractivity contribution is -0.126. The molecule has 1 atom stereocenters. The van der Waals surface area contributed by atoms with Gasteiger partial charge in [0.25, 0.3) is 0 Å². The van der Waals surface area contributed by atoms with Gasteiger partial charge in [0.05, 0.1) is 12.6 Å². The van der Waals surface area contributed by atoms with Crippen molar-refractivity contribution in [2.24, 2.45) is 0 Å². The van der Waals surface area contributed by atoms with Crippen molar-refractivity contribution in [1.29, 1.82) is 0 Å². The van der Waals surface area contributed by atoms with Gasteiger partial charge in [-0.3, -0.25) is 4.79 Å². The number of aromatic nitrogens is 3. The Morgan fingerprint density at radius 2 is 1.92 bits per heavy atom. The molecule has 0 saturated carbocycles. The summed E-state index contributed by atoms with van der Waals surface area (Å²) in [5, 5.41) is 17.8. The molecule has 3 aromatic rings. The van der Waals surface area contributed by atoms with Crippen LogP contribution in [0.3, 0.4) is 0 Å². The lowest BCUT2D eigenvalue weighted by Crippen LogP contribution is -2.46. The van der Waals surface area contributed by atoms with Crippen LogP contribution in [0.1, 0.15) is 36.1 Å². The van der Waals surface area contributed by atoms with Crippen LogP contribution in [0.2, 0.25) is 0 Å². The van der Waals surface area contributed by atoms with E-state index in [-0.39, 0.29) is 18.6 Å². The third-order valence-corrected chi connectivity index (χ3v) is 7.55. The van der Waals surface area contributed by atoms with E-state index in [2.05, 4.69) is 32.1 Å². The van der Waals surface area contributed by atoms with E-state index in [1.165, 1.54) is 6.33 Å². The fraction of sp³-hybridized carbons (Fsp3) is 0.464. The second-order valence-corrected chi connectivity index (χ2v) is 9.80. The molecule has 5 rings (SSSR count). The van der Waals surface area contributed by atoms with Crippen LogP contribution in [0.5, 0.6) is 0 Å². The summed E-state index contributed by atoms with van der Waals surface area (Å²) < 4.78 is 1.83. The highest BCUT2D eigenvalue weighted by Gasteiger charge is 2.25. The van der Waals surface area contributed by atoms with Crippen LogP contribution in [-0.4, -0.2) is 92.7 Å².